The topological polar surface area (TPSA) is 89.3 Å². The highest BCUT2D eigenvalue weighted by atomic mass is 32.2. The summed E-state index contributed by atoms with van der Waals surface area (Å²) in [5.41, 5.74) is 1.19. The van der Waals surface area contributed by atoms with Crippen molar-refractivity contribution in [1.29, 1.82) is 0 Å². The minimum Gasteiger partial charge on any atom is -0.352 e. The third kappa shape index (κ3) is 4.82. The van der Waals surface area contributed by atoms with E-state index in [0.717, 1.165) is 18.4 Å². The van der Waals surface area contributed by atoms with Crippen molar-refractivity contribution in [1.82, 2.24) is 5.32 Å². The Hall–Kier alpha value is -1.40. The Morgan fingerprint density at radius 2 is 1.86 bits per heavy atom. The number of aryl methyl sites for hydroxylation is 1. The Morgan fingerprint density at radius 3 is 2.33 bits per heavy atom. The molecule has 0 aromatic heterocycles. The van der Waals surface area contributed by atoms with E-state index >= 15 is 0 Å². The highest BCUT2D eigenvalue weighted by Gasteiger charge is 2.16. The molecule has 1 amide bonds. The monoisotopic (exact) mass is 312 g/mol. The molecule has 0 fully saturated rings. The van der Waals surface area contributed by atoms with Gasteiger partial charge in [0.1, 0.15) is 0 Å². The molecule has 0 aliphatic rings. The Morgan fingerprint density at radius 1 is 1.24 bits per heavy atom. The quantitative estimate of drug-likeness (QED) is 0.807. The van der Waals surface area contributed by atoms with Crippen LogP contribution < -0.4 is 10.5 Å². The second kappa shape index (κ2) is 7.56. The van der Waals surface area contributed by atoms with Crippen LogP contribution in [0.15, 0.2) is 23.1 Å². The van der Waals surface area contributed by atoms with E-state index in [1.165, 1.54) is 12.1 Å². The van der Waals surface area contributed by atoms with Crippen molar-refractivity contribution in [3.05, 3.63) is 29.3 Å². The number of primary sulfonamides is 1. The standard InChI is InChI=1S/C15H24N2O3S/c1-4-11(5-2)10-17-15(18)14-9-13(21(16,19)20)8-7-12(14)6-3/h7-9,11H,4-6,10H2,1-3H3,(H,17,18)(H2,16,19,20). The first-order valence-corrected chi connectivity index (χ1v) is 8.81. The molecular weight excluding hydrogens is 288 g/mol. The van der Waals surface area contributed by atoms with Crippen LogP contribution in [0.2, 0.25) is 0 Å². The van der Waals surface area contributed by atoms with Crippen molar-refractivity contribution >= 4 is 15.9 Å². The van der Waals surface area contributed by atoms with Gasteiger partial charge in [-0.2, -0.15) is 0 Å². The van der Waals surface area contributed by atoms with Crippen LogP contribution in [0.25, 0.3) is 0 Å². The molecule has 118 valence electrons. The summed E-state index contributed by atoms with van der Waals surface area (Å²) in [5, 5.41) is 8.00. The smallest absolute Gasteiger partial charge is 0.251 e. The van der Waals surface area contributed by atoms with Crippen molar-refractivity contribution in [2.45, 2.75) is 44.9 Å². The summed E-state index contributed by atoms with van der Waals surface area (Å²) < 4.78 is 22.8. The summed E-state index contributed by atoms with van der Waals surface area (Å²) in [6.07, 6.45) is 2.64. The minimum absolute atomic E-state index is 0.0348. The molecule has 21 heavy (non-hydrogen) atoms. The Bertz CT molecular complexity index is 593. The molecule has 0 spiro atoms. The Balaban J connectivity index is 3.01. The zero-order chi connectivity index (χ0) is 16.0. The van der Waals surface area contributed by atoms with Gasteiger partial charge in [0.05, 0.1) is 4.90 Å². The van der Waals surface area contributed by atoms with Crippen molar-refractivity contribution in [2.24, 2.45) is 11.1 Å². The van der Waals surface area contributed by atoms with Gasteiger partial charge in [-0.05, 0) is 30.0 Å². The first kappa shape index (κ1) is 17.7. The van der Waals surface area contributed by atoms with Crippen LogP contribution >= 0.6 is 0 Å². The number of hydrogen-bond donors (Lipinski definition) is 2. The molecule has 0 heterocycles. The summed E-state index contributed by atoms with van der Waals surface area (Å²) in [5.74, 6) is 0.185. The maximum absolute atomic E-state index is 12.3. The fraction of sp³-hybridized carbons (Fsp3) is 0.533. The van der Waals surface area contributed by atoms with Crippen LogP contribution in [0.1, 0.15) is 49.5 Å². The van der Waals surface area contributed by atoms with Gasteiger partial charge < -0.3 is 5.32 Å². The van der Waals surface area contributed by atoms with Crippen LogP contribution in [-0.4, -0.2) is 20.9 Å². The van der Waals surface area contributed by atoms with Gasteiger partial charge in [-0.1, -0.05) is 39.7 Å². The average Bonchev–Trinajstić information content (AvgIpc) is 2.46. The number of nitrogens with two attached hydrogens (primary N) is 1. The highest BCUT2D eigenvalue weighted by molar-refractivity contribution is 7.89. The number of sulfonamides is 1. The zero-order valence-electron chi connectivity index (χ0n) is 12.8. The third-order valence-corrected chi connectivity index (χ3v) is 4.65. The molecule has 5 nitrogen and oxygen atoms in total. The number of hydrogen-bond acceptors (Lipinski definition) is 3. The van der Waals surface area contributed by atoms with E-state index in [2.05, 4.69) is 19.2 Å². The summed E-state index contributed by atoms with van der Waals surface area (Å²) in [6, 6.07) is 4.44. The summed E-state index contributed by atoms with van der Waals surface area (Å²) in [6.45, 7) is 6.68. The van der Waals surface area contributed by atoms with E-state index < -0.39 is 10.0 Å². The fourth-order valence-corrected chi connectivity index (χ4v) is 2.70. The predicted molar refractivity (Wildman–Crippen MR) is 83.6 cm³/mol. The van der Waals surface area contributed by atoms with E-state index in [-0.39, 0.29) is 10.8 Å². The number of rotatable bonds is 7. The molecule has 3 N–H and O–H groups in total. The van der Waals surface area contributed by atoms with Gasteiger partial charge in [-0.25, -0.2) is 13.6 Å². The zero-order valence-corrected chi connectivity index (χ0v) is 13.7. The molecule has 0 atom stereocenters. The molecule has 0 radical (unpaired) electrons. The number of amides is 1. The summed E-state index contributed by atoms with van der Waals surface area (Å²) >= 11 is 0. The second-order valence-corrected chi connectivity index (χ2v) is 6.67. The first-order chi connectivity index (χ1) is 9.83. The fourth-order valence-electron chi connectivity index (χ4n) is 2.16. The van der Waals surface area contributed by atoms with E-state index in [4.69, 9.17) is 5.14 Å². The van der Waals surface area contributed by atoms with Crippen LogP contribution in [0.3, 0.4) is 0 Å². The van der Waals surface area contributed by atoms with Crippen LogP contribution in [0.5, 0.6) is 0 Å². The third-order valence-electron chi connectivity index (χ3n) is 3.74. The maximum atomic E-state index is 12.3. The predicted octanol–water partition coefficient (Wildman–Crippen LogP) is 2.06. The van der Waals surface area contributed by atoms with Gasteiger partial charge in [-0.15, -0.1) is 0 Å². The van der Waals surface area contributed by atoms with Crippen molar-refractivity contribution in [2.75, 3.05) is 6.54 Å². The maximum Gasteiger partial charge on any atom is 0.251 e. The Kier molecular flexibility index (Phi) is 6.36. The van der Waals surface area contributed by atoms with Gasteiger partial charge in [0.25, 0.3) is 5.91 Å². The summed E-state index contributed by atoms with van der Waals surface area (Å²) in [4.78, 5) is 12.3. The van der Waals surface area contributed by atoms with Gasteiger partial charge in [0.2, 0.25) is 10.0 Å². The molecule has 1 aromatic carbocycles. The molecule has 0 saturated carbocycles. The molecule has 1 rings (SSSR count). The molecule has 0 saturated heterocycles. The van der Waals surface area contributed by atoms with Crippen LogP contribution in [-0.2, 0) is 16.4 Å². The Labute approximate surface area is 127 Å². The molecule has 0 aliphatic carbocycles. The first-order valence-electron chi connectivity index (χ1n) is 7.27. The van der Waals surface area contributed by atoms with Crippen molar-refractivity contribution in [3.63, 3.8) is 0 Å². The van der Waals surface area contributed by atoms with Crippen molar-refractivity contribution in [3.8, 4) is 0 Å². The van der Waals surface area contributed by atoms with Crippen LogP contribution in [0.4, 0.5) is 0 Å². The van der Waals surface area contributed by atoms with Crippen LogP contribution in [0, 0.1) is 5.92 Å². The lowest BCUT2D eigenvalue weighted by atomic mass is 10.0. The lowest BCUT2D eigenvalue weighted by Crippen LogP contribution is -2.30. The number of nitrogens with one attached hydrogen (secondary N) is 1. The normalized spacial score (nSPS) is 11.7. The number of carbonyl (C=O) groups is 1. The number of benzene rings is 1. The molecule has 0 bridgehead atoms. The second-order valence-electron chi connectivity index (χ2n) is 5.11. The highest BCUT2D eigenvalue weighted by Crippen LogP contribution is 2.16. The molecule has 6 heteroatoms. The largest absolute Gasteiger partial charge is 0.352 e. The minimum atomic E-state index is -3.80. The van der Waals surface area contributed by atoms with Gasteiger partial charge >= 0.3 is 0 Å². The lowest BCUT2D eigenvalue weighted by Gasteiger charge is -2.15. The molecule has 1 aromatic rings. The van der Waals surface area contributed by atoms with Gasteiger partial charge in [0.15, 0.2) is 0 Å². The van der Waals surface area contributed by atoms with E-state index in [0.29, 0.717) is 24.4 Å². The van der Waals surface area contributed by atoms with E-state index in [9.17, 15) is 13.2 Å². The van der Waals surface area contributed by atoms with Crippen molar-refractivity contribution < 1.29 is 13.2 Å². The molecular formula is C15H24N2O3S. The molecule has 0 aliphatic heterocycles. The van der Waals surface area contributed by atoms with Gasteiger partial charge in [-0.3, -0.25) is 4.79 Å². The summed E-state index contributed by atoms with van der Waals surface area (Å²) in [7, 11) is -3.80. The average molecular weight is 312 g/mol. The number of carbonyl (C=O) groups excluding carboxylic acids is 1. The van der Waals surface area contributed by atoms with Gasteiger partial charge in [0, 0.05) is 12.1 Å². The SMILES string of the molecule is CCc1ccc(S(N)(=O)=O)cc1C(=O)NCC(CC)CC. The van der Waals surface area contributed by atoms with E-state index in [1.807, 2.05) is 6.92 Å². The lowest BCUT2D eigenvalue weighted by molar-refractivity contribution is 0.0945. The molecule has 0 unspecified atom stereocenters. The van der Waals surface area contributed by atoms with E-state index in [1.54, 1.807) is 6.07 Å².